The SMILES string of the molecule is Cc1cc(CCC#N)c(O)c(Cl)c1O. The van der Waals surface area contributed by atoms with Crippen LogP contribution in [0.1, 0.15) is 17.5 Å². The van der Waals surface area contributed by atoms with Crippen LogP contribution in [0.4, 0.5) is 0 Å². The van der Waals surface area contributed by atoms with Crippen LogP contribution >= 0.6 is 11.6 Å². The van der Waals surface area contributed by atoms with E-state index in [4.69, 9.17) is 16.9 Å². The maximum absolute atomic E-state index is 9.53. The van der Waals surface area contributed by atoms with E-state index < -0.39 is 0 Å². The van der Waals surface area contributed by atoms with Gasteiger partial charge >= 0.3 is 0 Å². The predicted molar refractivity (Wildman–Crippen MR) is 53.5 cm³/mol. The number of hydrogen-bond donors (Lipinski definition) is 2. The Balaban J connectivity index is 3.14. The molecule has 0 aliphatic carbocycles. The molecule has 74 valence electrons. The third-order valence-electron chi connectivity index (χ3n) is 1.99. The lowest BCUT2D eigenvalue weighted by atomic mass is 10.1. The zero-order valence-electron chi connectivity index (χ0n) is 7.71. The fraction of sp³-hybridized carbons (Fsp3) is 0.300. The summed E-state index contributed by atoms with van der Waals surface area (Å²) in [5.74, 6) is -0.241. The first kappa shape index (κ1) is 10.7. The molecule has 0 aliphatic heterocycles. The molecule has 0 heterocycles. The van der Waals surface area contributed by atoms with Crippen molar-refractivity contribution in [3.63, 3.8) is 0 Å². The van der Waals surface area contributed by atoms with E-state index in [2.05, 4.69) is 0 Å². The minimum absolute atomic E-state index is 0.0436. The Morgan fingerprint density at radius 2 is 2.07 bits per heavy atom. The molecule has 0 bridgehead atoms. The van der Waals surface area contributed by atoms with Gasteiger partial charge in [-0.1, -0.05) is 11.6 Å². The molecule has 4 heteroatoms. The van der Waals surface area contributed by atoms with Gasteiger partial charge in [0.05, 0.1) is 6.07 Å². The third-order valence-corrected chi connectivity index (χ3v) is 2.35. The highest BCUT2D eigenvalue weighted by Gasteiger charge is 2.12. The molecule has 2 N–H and O–H groups in total. The monoisotopic (exact) mass is 211 g/mol. The number of rotatable bonds is 2. The Morgan fingerprint density at radius 3 is 2.64 bits per heavy atom. The molecule has 1 aromatic rings. The number of benzene rings is 1. The first-order valence-corrected chi connectivity index (χ1v) is 4.52. The highest BCUT2D eigenvalue weighted by molar-refractivity contribution is 6.33. The average Bonchev–Trinajstić information content (AvgIpc) is 2.18. The van der Waals surface area contributed by atoms with Gasteiger partial charge in [0, 0.05) is 6.42 Å². The highest BCUT2D eigenvalue weighted by Crippen LogP contribution is 2.38. The van der Waals surface area contributed by atoms with Crippen LogP contribution in [0.15, 0.2) is 6.07 Å². The fourth-order valence-corrected chi connectivity index (χ4v) is 1.48. The summed E-state index contributed by atoms with van der Waals surface area (Å²) in [5.41, 5.74) is 1.19. The summed E-state index contributed by atoms with van der Waals surface area (Å²) in [6, 6.07) is 3.61. The van der Waals surface area contributed by atoms with Crippen LogP contribution in [0, 0.1) is 18.3 Å². The lowest BCUT2D eigenvalue weighted by Crippen LogP contribution is -1.88. The van der Waals surface area contributed by atoms with Crippen LogP contribution in [-0.2, 0) is 6.42 Å². The predicted octanol–water partition coefficient (Wildman–Crippen LogP) is 2.52. The zero-order chi connectivity index (χ0) is 10.7. The van der Waals surface area contributed by atoms with Crippen molar-refractivity contribution < 1.29 is 10.2 Å². The zero-order valence-corrected chi connectivity index (χ0v) is 8.47. The molecule has 0 radical (unpaired) electrons. The molecule has 0 aliphatic rings. The molecule has 0 aromatic heterocycles. The summed E-state index contributed by atoms with van der Waals surface area (Å²) in [6.07, 6.45) is 0.747. The van der Waals surface area contributed by atoms with E-state index in [1.165, 1.54) is 0 Å². The standard InChI is InChI=1S/C10H10ClNO2/c1-6-5-7(3-2-4-12)10(14)8(11)9(6)13/h5,13-14H,2-3H2,1H3. The van der Waals surface area contributed by atoms with Gasteiger partial charge in [-0.15, -0.1) is 0 Å². The summed E-state index contributed by atoms with van der Waals surface area (Å²) >= 11 is 5.68. The third kappa shape index (κ3) is 1.91. The van der Waals surface area contributed by atoms with E-state index >= 15 is 0 Å². The summed E-state index contributed by atoms with van der Waals surface area (Å²) in [7, 11) is 0. The van der Waals surface area contributed by atoms with Crippen LogP contribution < -0.4 is 0 Å². The normalized spacial score (nSPS) is 9.79. The van der Waals surface area contributed by atoms with E-state index in [0.717, 1.165) is 0 Å². The summed E-state index contributed by atoms with van der Waals surface area (Å²) in [6.45, 7) is 1.69. The van der Waals surface area contributed by atoms with E-state index in [1.807, 2.05) is 6.07 Å². The smallest absolute Gasteiger partial charge is 0.141 e. The maximum atomic E-state index is 9.53. The quantitative estimate of drug-likeness (QED) is 0.790. The Hall–Kier alpha value is -1.40. The molecule has 14 heavy (non-hydrogen) atoms. The van der Waals surface area contributed by atoms with E-state index in [0.29, 0.717) is 24.0 Å². The van der Waals surface area contributed by atoms with E-state index in [-0.39, 0.29) is 16.5 Å². The van der Waals surface area contributed by atoms with Crippen molar-refractivity contribution in [2.24, 2.45) is 0 Å². The van der Waals surface area contributed by atoms with Crippen molar-refractivity contribution in [3.05, 3.63) is 22.2 Å². The highest BCUT2D eigenvalue weighted by atomic mass is 35.5. The topological polar surface area (TPSA) is 64.2 Å². The molecule has 0 saturated carbocycles. The van der Waals surface area contributed by atoms with Gasteiger partial charge in [0.2, 0.25) is 0 Å². The number of phenols is 2. The number of nitriles is 1. The van der Waals surface area contributed by atoms with Crippen LogP contribution in [0.25, 0.3) is 0 Å². The Bertz CT molecular complexity index is 396. The molecule has 0 amide bonds. The molecule has 0 fully saturated rings. The van der Waals surface area contributed by atoms with Crippen molar-refractivity contribution in [1.82, 2.24) is 0 Å². The van der Waals surface area contributed by atoms with Gasteiger partial charge in [-0.05, 0) is 30.5 Å². The Kier molecular flexibility index (Phi) is 3.21. The van der Waals surface area contributed by atoms with Crippen molar-refractivity contribution >= 4 is 11.6 Å². The molecule has 3 nitrogen and oxygen atoms in total. The first-order valence-electron chi connectivity index (χ1n) is 4.14. The molecule has 1 aromatic carbocycles. The van der Waals surface area contributed by atoms with Gasteiger partial charge in [-0.2, -0.15) is 5.26 Å². The lowest BCUT2D eigenvalue weighted by Gasteiger charge is -2.08. The summed E-state index contributed by atoms with van der Waals surface area (Å²) < 4.78 is 0. The molecular formula is C10H10ClNO2. The van der Waals surface area contributed by atoms with E-state index in [9.17, 15) is 10.2 Å². The fourth-order valence-electron chi connectivity index (χ4n) is 1.21. The molecule has 0 unspecified atom stereocenters. The van der Waals surface area contributed by atoms with Gasteiger partial charge in [-0.25, -0.2) is 0 Å². The maximum Gasteiger partial charge on any atom is 0.141 e. The van der Waals surface area contributed by atoms with Crippen molar-refractivity contribution in [2.45, 2.75) is 19.8 Å². The number of aryl methyl sites for hydroxylation is 2. The van der Waals surface area contributed by atoms with Gasteiger partial charge in [-0.3, -0.25) is 0 Å². The first-order chi connectivity index (χ1) is 6.57. The minimum atomic E-state index is -0.134. The number of halogens is 1. The van der Waals surface area contributed by atoms with Gasteiger partial charge in [0.15, 0.2) is 0 Å². The number of phenolic OH excluding ortho intramolecular Hbond substituents is 2. The largest absolute Gasteiger partial charge is 0.506 e. The number of nitrogens with zero attached hydrogens (tertiary/aromatic N) is 1. The van der Waals surface area contributed by atoms with Crippen LogP contribution in [0.5, 0.6) is 11.5 Å². The number of aromatic hydroxyl groups is 2. The van der Waals surface area contributed by atoms with E-state index in [1.54, 1.807) is 13.0 Å². The number of hydrogen-bond acceptors (Lipinski definition) is 3. The molecule has 0 spiro atoms. The van der Waals surface area contributed by atoms with Crippen LogP contribution in [0.2, 0.25) is 5.02 Å². The van der Waals surface area contributed by atoms with Crippen LogP contribution in [-0.4, -0.2) is 10.2 Å². The van der Waals surface area contributed by atoms with Crippen molar-refractivity contribution in [1.29, 1.82) is 5.26 Å². The van der Waals surface area contributed by atoms with Crippen LogP contribution in [0.3, 0.4) is 0 Å². The van der Waals surface area contributed by atoms with Gasteiger partial charge in [0.25, 0.3) is 0 Å². The Morgan fingerprint density at radius 1 is 1.43 bits per heavy atom. The second-order valence-corrected chi connectivity index (χ2v) is 3.40. The molecule has 1 rings (SSSR count). The van der Waals surface area contributed by atoms with Gasteiger partial charge in [0.1, 0.15) is 16.5 Å². The average molecular weight is 212 g/mol. The summed E-state index contributed by atoms with van der Waals surface area (Å²) in [4.78, 5) is 0. The second kappa shape index (κ2) is 4.21. The molecule has 0 atom stereocenters. The summed E-state index contributed by atoms with van der Waals surface area (Å²) in [5, 5.41) is 27.3. The molecular weight excluding hydrogens is 202 g/mol. The van der Waals surface area contributed by atoms with Crippen molar-refractivity contribution in [3.8, 4) is 17.6 Å². The van der Waals surface area contributed by atoms with Gasteiger partial charge < -0.3 is 10.2 Å². The molecule has 0 saturated heterocycles. The minimum Gasteiger partial charge on any atom is -0.506 e. The Labute approximate surface area is 87.2 Å². The lowest BCUT2D eigenvalue weighted by molar-refractivity contribution is 0.444. The second-order valence-electron chi connectivity index (χ2n) is 3.02. The van der Waals surface area contributed by atoms with Crippen molar-refractivity contribution in [2.75, 3.05) is 0 Å².